The van der Waals surface area contributed by atoms with E-state index in [9.17, 15) is 18.0 Å². The first-order valence-corrected chi connectivity index (χ1v) is 11.1. The minimum atomic E-state index is -4.40. The number of carbonyl (C=O) groups excluding carboxylic acids is 1. The van der Waals surface area contributed by atoms with E-state index in [0.717, 1.165) is 32.4 Å². The molecule has 0 unspecified atom stereocenters. The summed E-state index contributed by atoms with van der Waals surface area (Å²) in [6, 6.07) is 10.5. The van der Waals surface area contributed by atoms with Gasteiger partial charge >= 0.3 is 6.18 Å². The van der Waals surface area contributed by atoms with E-state index in [2.05, 4.69) is 17.0 Å². The first kappa shape index (κ1) is 20.0. The number of fused-ring (bicyclic) bond motifs is 1. The summed E-state index contributed by atoms with van der Waals surface area (Å²) >= 11 is 3.30. The van der Waals surface area contributed by atoms with Gasteiger partial charge in [0.2, 0.25) is 0 Å². The molecule has 4 rings (SSSR count). The third-order valence-electron chi connectivity index (χ3n) is 4.89. The van der Waals surface area contributed by atoms with Crippen LogP contribution < -0.4 is 4.90 Å². The molecule has 0 saturated carbocycles. The third kappa shape index (κ3) is 4.06. The van der Waals surface area contributed by atoms with Crippen LogP contribution in [0.3, 0.4) is 0 Å². The first-order chi connectivity index (χ1) is 13.9. The van der Waals surface area contributed by atoms with E-state index in [-0.39, 0.29) is 11.5 Å². The Bertz CT molecular complexity index is 1030. The van der Waals surface area contributed by atoms with Crippen molar-refractivity contribution in [3.05, 3.63) is 53.6 Å². The first-order valence-electron chi connectivity index (χ1n) is 9.02. The predicted molar refractivity (Wildman–Crippen MR) is 111 cm³/mol. The molecule has 1 fully saturated rings. The van der Waals surface area contributed by atoms with Crippen molar-refractivity contribution < 1.29 is 18.0 Å². The summed E-state index contributed by atoms with van der Waals surface area (Å²) in [6.45, 7) is 2.29. The average Bonchev–Trinajstić information content (AvgIpc) is 3.17. The zero-order valence-electron chi connectivity index (χ0n) is 15.6. The second kappa shape index (κ2) is 7.87. The Morgan fingerprint density at radius 2 is 1.76 bits per heavy atom. The molecule has 0 aliphatic carbocycles. The fourth-order valence-electron chi connectivity index (χ4n) is 3.30. The van der Waals surface area contributed by atoms with Crippen LogP contribution in [0.2, 0.25) is 0 Å². The van der Waals surface area contributed by atoms with Gasteiger partial charge in [0.25, 0.3) is 5.91 Å². The summed E-state index contributed by atoms with van der Waals surface area (Å²) in [5, 5.41) is 0.933. The Labute approximate surface area is 174 Å². The Hall–Kier alpha value is -2.26. The molecule has 0 radical (unpaired) electrons. The van der Waals surface area contributed by atoms with E-state index in [1.165, 1.54) is 12.1 Å². The maximum Gasteiger partial charge on any atom is 0.416 e. The second-order valence-electron chi connectivity index (χ2n) is 6.66. The van der Waals surface area contributed by atoms with E-state index < -0.39 is 11.7 Å². The Kier molecular flexibility index (Phi) is 5.44. The Morgan fingerprint density at radius 1 is 1.07 bits per heavy atom. The number of carbonyl (C=O) groups is 1. The van der Waals surface area contributed by atoms with E-state index in [0.29, 0.717) is 26.2 Å². The number of aromatic nitrogens is 1. The van der Waals surface area contributed by atoms with Crippen molar-refractivity contribution in [2.24, 2.45) is 0 Å². The van der Waals surface area contributed by atoms with Crippen LogP contribution in [0.4, 0.5) is 18.3 Å². The van der Waals surface area contributed by atoms with Crippen molar-refractivity contribution in [2.45, 2.75) is 11.1 Å². The summed E-state index contributed by atoms with van der Waals surface area (Å²) in [5.74, 6) is -0.243. The van der Waals surface area contributed by atoms with E-state index in [1.807, 2.05) is 12.3 Å². The highest BCUT2D eigenvalue weighted by Crippen LogP contribution is 2.34. The second-order valence-corrected chi connectivity index (χ2v) is 8.51. The van der Waals surface area contributed by atoms with Gasteiger partial charge in [-0.15, -0.1) is 11.8 Å². The van der Waals surface area contributed by atoms with Crippen LogP contribution in [0, 0.1) is 0 Å². The molecule has 152 valence electrons. The van der Waals surface area contributed by atoms with Crippen LogP contribution in [0.25, 0.3) is 10.2 Å². The Morgan fingerprint density at radius 3 is 2.38 bits per heavy atom. The van der Waals surface area contributed by atoms with Crippen LogP contribution in [0.5, 0.6) is 0 Å². The molecular formula is C20H18F3N3OS2. The lowest BCUT2D eigenvalue weighted by Crippen LogP contribution is -2.48. The lowest BCUT2D eigenvalue weighted by Gasteiger charge is -2.34. The third-order valence-corrected chi connectivity index (χ3v) is 6.74. The van der Waals surface area contributed by atoms with Gasteiger partial charge in [0.15, 0.2) is 5.13 Å². The zero-order chi connectivity index (χ0) is 20.6. The summed E-state index contributed by atoms with van der Waals surface area (Å²) in [7, 11) is 0. The summed E-state index contributed by atoms with van der Waals surface area (Å²) < 4.78 is 39.2. The van der Waals surface area contributed by atoms with Crippen LogP contribution >= 0.6 is 23.1 Å². The molecule has 0 spiro atoms. The van der Waals surface area contributed by atoms with Crippen molar-refractivity contribution in [3.8, 4) is 0 Å². The van der Waals surface area contributed by atoms with Gasteiger partial charge in [-0.3, -0.25) is 4.79 Å². The van der Waals surface area contributed by atoms with Gasteiger partial charge in [0, 0.05) is 36.6 Å². The highest BCUT2D eigenvalue weighted by molar-refractivity contribution is 7.98. The number of thiazole rings is 1. The number of benzene rings is 2. The largest absolute Gasteiger partial charge is 0.416 e. The molecule has 1 aliphatic heterocycles. The van der Waals surface area contributed by atoms with Crippen molar-refractivity contribution in [3.63, 3.8) is 0 Å². The molecular weight excluding hydrogens is 419 g/mol. The highest BCUT2D eigenvalue weighted by Gasteiger charge is 2.31. The Balaban J connectivity index is 1.43. The zero-order valence-corrected chi connectivity index (χ0v) is 17.2. The highest BCUT2D eigenvalue weighted by atomic mass is 32.2. The number of nitrogens with zero attached hydrogens (tertiary/aromatic N) is 3. The van der Waals surface area contributed by atoms with Crippen molar-refractivity contribution in [1.29, 1.82) is 0 Å². The molecule has 4 nitrogen and oxygen atoms in total. The topological polar surface area (TPSA) is 36.4 Å². The summed E-state index contributed by atoms with van der Waals surface area (Å²) in [4.78, 5) is 22.4. The van der Waals surface area contributed by atoms with E-state index in [4.69, 9.17) is 4.98 Å². The maximum absolute atomic E-state index is 12.7. The molecule has 3 aromatic rings. The van der Waals surface area contributed by atoms with E-state index >= 15 is 0 Å². The summed E-state index contributed by atoms with van der Waals surface area (Å²) in [6.07, 6.45) is -2.37. The van der Waals surface area contributed by atoms with Gasteiger partial charge in [-0.1, -0.05) is 17.4 Å². The predicted octanol–water partition coefficient (Wildman–Crippen LogP) is 5.00. The molecule has 2 heterocycles. The lowest BCUT2D eigenvalue weighted by molar-refractivity contribution is -0.137. The van der Waals surface area contributed by atoms with Crippen molar-refractivity contribution >= 4 is 44.4 Å². The molecule has 2 aromatic carbocycles. The normalized spacial score (nSPS) is 15.2. The van der Waals surface area contributed by atoms with Gasteiger partial charge in [0.05, 0.1) is 15.8 Å². The van der Waals surface area contributed by atoms with Gasteiger partial charge < -0.3 is 9.80 Å². The number of piperazine rings is 1. The number of anilines is 1. The average molecular weight is 438 g/mol. The number of halogens is 3. The van der Waals surface area contributed by atoms with Crippen LogP contribution in [-0.4, -0.2) is 48.2 Å². The number of thioether (sulfide) groups is 1. The molecule has 1 amide bonds. The standard InChI is InChI=1S/C20H18F3N3OS2/c1-28-15-3-2-4-16-17(15)24-19(29-16)26-11-9-25(10-12-26)18(27)13-5-7-14(8-6-13)20(21,22)23/h2-8H,9-12H2,1H3. The summed E-state index contributed by atoms with van der Waals surface area (Å²) in [5.41, 5.74) is 0.527. The lowest BCUT2D eigenvalue weighted by atomic mass is 10.1. The number of para-hydroxylation sites is 1. The van der Waals surface area contributed by atoms with Crippen molar-refractivity contribution in [1.82, 2.24) is 9.88 Å². The molecule has 0 atom stereocenters. The monoisotopic (exact) mass is 437 g/mol. The molecule has 0 N–H and O–H groups in total. The molecule has 29 heavy (non-hydrogen) atoms. The SMILES string of the molecule is CSc1cccc2sc(N3CCN(C(=O)c4ccc(C(F)(F)F)cc4)CC3)nc12. The molecule has 0 bridgehead atoms. The minimum absolute atomic E-state index is 0.243. The van der Waals surface area contributed by atoms with Gasteiger partial charge in [-0.05, 0) is 42.7 Å². The number of hydrogen-bond acceptors (Lipinski definition) is 5. The quantitative estimate of drug-likeness (QED) is 0.541. The fourth-order valence-corrected chi connectivity index (χ4v) is 4.97. The molecule has 1 aliphatic rings. The van der Waals surface area contributed by atoms with Gasteiger partial charge in [-0.25, -0.2) is 4.98 Å². The number of rotatable bonds is 3. The van der Waals surface area contributed by atoms with Crippen LogP contribution in [-0.2, 0) is 6.18 Å². The fraction of sp³-hybridized carbons (Fsp3) is 0.300. The molecule has 1 aromatic heterocycles. The molecule has 1 saturated heterocycles. The number of amides is 1. The van der Waals surface area contributed by atoms with Crippen molar-refractivity contribution in [2.75, 3.05) is 37.3 Å². The number of hydrogen-bond donors (Lipinski definition) is 0. The number of alkyl halides is 3. The maximum atomic E-state index is 12.7. The van der Waals surface area contributed by atoms with E-state index in [1.54, 1.807) is 28.0 Å². The smallest absolute Gasteiger partial charge is 0.345 e. The minimum Gasteiger partial charge on any atom is -0.345 e. The van der Waals surface area contributed by atoms with Crippen LogP contribution in [0.1, 0.15) is 15.9 Å². The van der Waals surface area contributed by atoms with Gasteiger partial charge in [-0.2, -0.15) is 13.2 Å². The molecule has 9 heteroatoms. The van der Waals surface area contributed by atoms with Gasteiger partial charge in [0.1, 0.15) is 0 Å². The van der Waals surface area contributed by atoms with Crippen LogP contribution in [0.15, 0.2) is 47.4 Å².